The van der Waals surface area contributed by atoms with Gasteiger partial charge in [-0.3, -0.25) is 0 Å². The van der Waals surface area contributed by atoms with Gasteiger partial charge < -0.3 is 4.42 Å². The minimum absolute atomic E-state index is 0.511. The van der Waals surface area contributed by atoms with Gasteiger partial charge in [0.05, 0.1) is 0 Å². The molecule has 3 nitrogen and oxygen atoms in total. The maximum atomic E-state index is 5.96. The van der Waals surface area contributed by atoms with Crippen LogP contribution in [0.15, 0.2) is 101 Å². The second-order valence-corrected chi connectivity index (χ2v) is 8.64. The van der Waals surface area contributed by atoms with Crippen LogP contribution >= 0.6 is 0 Å². The Morgan fingerprint density at radius 2 is 0.714 bits per heavy atom. The summed E-state index contributed by atoms with van der Waals surface area (Å²) in [5.74, 6) is 1.02. The van der Waals surface area contributed by atoms with Gasteiger partial charge in [0.1, 0.15) is 0 Å². The van der Waals surface area contributed by atoms with Crippen LogP contribution in [0.4, 0.5) is 0 Å². The fourth-order valence-corrected chi connectivity index (χ4v) is 3.67. The molecule has 0 atom stereocenters. The molecule has 4 aromatic carbocycles. The van der Waals surface area contributed by atoms with Crippen molar-refractivity contribution < 1.29 is 4.42 Å². The second kappa shape index (κ2) is 10.2. The zero-order chi connectivity index (χ0) is 24.0. The summed E-state index contributed by atoms with van der Waals surface area (Å²) in [6, 6.07) is 33.2. The van der Waals surface area contributed by atoms with Gasteiger partial charge in [-0.25, -0.2) is 0 Å². The zero-order valence-electron chi connectivity index (χ0n) is 19.8. The summed E-state index contributed by atoms with van der Waals surface area (Å²) in [5.41, 5.74) is 8.90. The molecular weight excluding hydrogens is 428 g/mol. The van der Waals surface area contributed by atoms with Crippen molar-refractivity contribution in [3.8, 4) is 22.9 Å². The Hall–Kier alpha value is -4.50. The summed E-state index contributed by atoms with van der Waals surface area (Å²) in [6.45, 7) is 4.19. The Morgan fingerprint density at radius 1 is 0.429 bits per heavy atom. The standard InChI is InChI=1S/C32H26N2O/c1-23-3-7-25(8-4-23)11-13-27-15-19-29(20-16-27)31-33-34-32(35-31)30-21-17-28(18-22-30)14-12-26-9-5-24(2)6-10-26/h3-22H,1-2H3/b13-11+,14-12+. The quantitative estimate of drug-likeness (QED) is 0.242. The Kier molecular flexibility index (Phi) is 6.49. The molecule has 0 aliphatic heterocycles. The van der Waals surface area contributed by atoms with Crippen molar-refractivity contribution in [1.29, 1.82) is 0 Å². The topological polar surface area (TPSA) is 38.9 Å². The van der Waals surface area contributed by atoms with E-state index in [1.165, 1.54) is 22.3 Å². The molecule has 0 bridgehead atoms. The van der Waals surface area contributed by atoms with E-state index in [1.54, 1.807) is 0 Å². The van der Waals surface area contributed by atoms with Crippen LogP contribution in [0.25, 0.3) is 47.2 Å². The summed E-state index contributed by atoms with van der Waals surface area (Å²) in [7, 11) is 0. The summed E-state index contributed by atoms with van der Waals surface area (Å²) in [4.78, 5) is 0. The molecule has 0 spiro atoms. The van der Waals surface area contributed by atoms with E-state index in [1.807, 2.05) is 24.3 Å². The van der Waals surface area contributed by atoms with Crippen molar-refractivity contribution >= 4 is 24.3 Å². The molecule has 0 fully saturated rings. The molecule has 5 rings (SSSR count). The first-order valence-corrected chi connectivity index (χ1v) is 11.7. The summed E-state index contributed by atoms with van der Waals surface area (Å²) in [6.07, 6.45) is 8.42. The highest BCUT2D eigenvalue weighted by atomic mass is 16.4. The van der Waals surface area contributed by atoms with Gasteiger partial charge in [-0.2, -0.15) is 0 Å². The van der Waals surface area contributed by atoms with E-state index in [4.69, 9.17) is 4.42 Å². The van der Waals surface area contributed by atoms with Crippen molar-refractivity contribution in [2.75, 3.05) is 0 Å². The third kappa shape index (κ3) is 5.71. The average molecular weight is 455 g/mol. The van der Waals surface area contributed by atoms with Gasteiger partial charge in [-0.05, 0) is 60.4 Å². The van der Waals surface area contributed by atoms with Gasteiger partial charge in [0.25, 0.3) is 0 Å². The third-order valence-corrected chi connectivity index (χ3v) is 5.83. The highest BCUT2D eigenvalue weighted by molar-refractivity contribution is 5.72. The molecule has 0 saturated carbocycles. The molecular formula is C32H26N2O. The van der Waals surface area contributed by atoms with Crippen molar-refractivity contribution in [3.05, 3.63) is 130 Å². The van der Waals surface area contributed by atoms with Crippen LogP contribution in [0.1, 0.15) is 33.4 Å². The lowest BCUT2D eigenvalue weighted by atomic mass is 10.1. The van der Waals surface area contributed by atoms with E-state index in [2.05, 4.69) is 121 Å². The smallest absolute Gasteiger partial charge is 0.248 e. The second-order valence-electron chi connectivity index (χ2n) is 8.64. The molecule has 0 aliphatic carbocycles. The number of rotatable bonds is 6. The summed E-state index contributed by atoms with van der Waals surface area (Å²) < 4.78 is 5.96. The van der Waals surface area contributed by atoms with Crippen LogP contribution < -0.4 is 0 Å². The molecule has 0 radical (unpaired) electrons. The van der Waals surface area contributed by atoms with Gasteiger partial charge in [0.2, 0.25) is 11.8 Å². The molecule has 0 aliphatic rings. The number of aryl methyl sites for hydroxylation is 2. The monoisotopic (exact) mass is 454 g/mol. The number of nitrogens with zero attached hydrogens (tertiary/aromatic N) is 2. The molecule has 35 heavy (non-hydrogen) atoms. The summed E-state index contributed by atoms with van der Waals surface area (Å²) >= 11 is 0. The predicted octanol–water partition coefficient (Wildman–Crippen LogP) is 8.36. The number of benzene rings is 4. The van der Waals surface area contributed by atoms with Gasteiger partial charge >= 0.3 is 0 Å². The van der Waals surface area contributed by atoms with Gasteiger partial charge in [0.15, 0.2) is 0 Å². The maximum Gasteiger partial charge on any atom is 0.248 e. The van der Waals surface area contributed by atoms with Crippen molar-refractivity contribution in [3.63, 3.8) is 0 Å². The first kappa shape index (κ1) is 22.3. The normalized spacial score (nSPS) is 11.5. The van der Waals surface area contributed by atoms with E-state index in [0.717, 1.165) is 22.3 Å². The molecule has 0 N–H and O–H groups in total. The lowest BCUT2D eigenvalue weighted by molar-refractivity contribution is 0.584. The van der Waals surface area contributed by atoms with Crippen LogP contribution in [0, 0.1) is 13.8 Å². The highest BCUT2D eigenvalue weighted by Gasteiger charge is 2.10. The number of hydrogen-bond acceptors (Lipinski definition) is 3. The van der Waals surface area contributed by atoms with E-state index in [9.17, 15) is 0 Å². The Bertz CT molecular complexity index is 1340. The predicted molar refractivity (Wildman–Crippen MR) is 145 cm³/mol. The molecule has 1 heterocycles. The average Bonchev–Trinajstić information content (AvgIpc) is 3.39. The van der Waals surface area contributed by atoms with Gasteiger partial charge in [-0.1, -0.05) is 108 Å². The molecule has 5 aromatic rings. The minimum atomic E-state index is 0.511. The van der Waals surface area contributed by atoms with Crippen LogP contribution in [-0.4, -0.2) is 10.2 Å². The van der Waals surface area contributed by atoms with Gasteiger partial charge in [-0.15, -0.1) is 10.2 Å². The Labute approximate surface area is 206 Å². The third-order valence-electron chi connectivity index (χ3n) is 5.83. The van der Waals surface area contributed by atoms with E-state index in [-0.39, 0.29) is 0 Å². The maximum absolute atomic E-state index is 5.96. The highest BCUT2D eigenvalue weighted by Crippen LogP contribution is 2.25. The van der Waals surface area contributed by atoms with E-state index in [0.29, 0.717) is 11.8 Å². The van der Waals surface area contributed by atoms with Crippen molar-refractivity contribution in [2.45, 2.75) is 13.8 Å². The molecule has 0 unspecified atom stereocenters. The van der Waals surface area contributed by atoms with Crippen molar-refractivity contribution in [2.24, 2.45) is 0 Å². The van der Waals surface area contributed by atoms with Crippen LogP contribution in [0.3, 0.4) is 0 Å². The Balaban J connectivity index is 1.25. The lowest BCUT2D eigenvalue weighted by Crippen LogP contribution is -1.79. The molecule has 3 heteroatoms. The van der Waals surface area contributed by atoms with Gasteiger partial charge in [0, 0.05) is 11.1 Å². The first-order chi connectivity index (χ1) is 17.1. The minimum Gasteiger partial charge on any atom is -0.416 e. The number of aromatic nitrogens is 2. The molecule has 0 amide bonds. The molecule has 0 saturated heterocycles. The molecule has 170 valence electrons. The zero-order valence-corrected chi connectivity index (χ0v) is 19.8. The largest absolute Gasteiger partial charge is 0.416 e. The lowest BCUT2D eigenvalue weighted by Gasteiger charge is -1.99. The SMILES string of the molecule is Cc1ccc(/C=C/c2ccc(-c3nnc(-c4ccc(/C=C/c5ccc(C)cc5)cc4)o3)cc2)cc1. The fourth-order valence-electron chi connectivity index (χ4n) is 3.67. The summed E-state index contributed by atoms with van der Waals surface area (Å²) in [5, 5.41) is 8.50. The van der Waals surface area contributed by atoms with Crippen LogP contribution in [0.5, 0.6) is 0 Å². The van der Waals surface area contributed by atoms with E-state index < -0.39 is 0 Å². The number of hydrogen-bond donors (Lipinski definition) is 0. The van der Waals surface area contributed by atoms with Crippen molar-refractivity contribution in [1.82, 2.24) is 10.2 Å². The van der Waals surface area contributed by atoms with E-state index >= 15 is 0 Å². The Morgan fingerprint density at radius 3 is 1.03 bits per heavy atom. The first-order valence-electron chi connectivity index (χ1n) is 11.7. The van der Waals surface area contributed by atoms with Crippen LogP contribution in [0.2, 0.25) is 0 Å². The molecule has 1 aromatic heterocycles. The van der Waals surface area contributed by atoms with Crippen LogP contribution in [-0.2, 0) is 0 Å². The fraction of sp³-hybridized carbons (Fsp3) is 0.0625.